The highest BCUT2D eigenvalue weighted by atomic mass is 16.5. The van der Waals surface area contributed by atoms with E-state index in [4.69, 9.17) is 10.5 Å². The van der Waals surface area contributed by atoms with Gasteiger partial charge < -0.3 is 20.7 Å². The molecule has 8 nitrogen and oxygen atoms in total. The van der Waals surface area contributed by atoms with Crippen molar-refractivity contribution >= 4 is 23.7 Å². The third-order valence-corrected chi connectivity index (χ3v) is 3.03. The van der Waals surface area contributed by atoms with Crippen LogP contribution in [0.3, 0.4) is 0 Å². The topological polar surface area (TPSA) is 119 Å². The fraction of sp³-hybridized carbons (Fsp3) is 0.538. The Morgan fingerprint density at radius 2 is 2.05 bits per heavy atom. The lowest BCUT2D eigenvalue weighted by atomic mass is 9.97. The zero-order valence-corrected chi connectivity index (χ0v) is 12.3. The molecule has 0 aliphatic carbocycles. The fourth-order valence-electron chi connectivity index (χ4n) is 2.12. The van der Waals surface area contributed by atoms with Crippen LogP contribution in [0.25, 0.3) is 0 Å². The Balaban J connectivity index is 3.15. The third kappa shape index (κ3) is 4.04. The highest BCUT2D eigenvalue weighted by Crippen LogP contribution is 2.24. The van der Waals surface area contributed by atoms with Crippen LogP contribution >= 0.6 is 0 Å². The highest BCUT2D eigenvalue weighted by molar-refractivity contribution is 5.98. The molecule has 3 N–H and O–H groups in total. The molecule has 0 saturated heterocycles. The van der Waals surface area contributed by atoms with E-state index >= 15 is 0 Å². The summed E-state index contributed by atoms with van der Waals surface area (Å²) in [6.45, 7) is 4.29. The van der Waals surface area contributed by atoms with Crippen molar-refractivity contribution < 1.29 is 23.9 Å². The molecule has 0 spiro atoms. The minimum absolute atomic E-state index is 0.0261. The van der Waals surface area contributed by atoms with Crippen LogP contribution < -0.4 is 11.1 Å². The van der Waals surface area contributed by atoms with Gasteiger partial charge in [0.2, 0.25) is 17.7 Å². The van der Waals surface area contributed by atoms with E-state index in [1.807, 2.05) is 0 Å². The first-order valence-corrected chi connectivity index (χ1v) is 6.51. The molecule has 1 rings (SSSR count). The van der Waals surface area contributed by atoms with Gasteiger partial charge in [-0.05, 0) is 13.8 Å². The van der Waals surface area contributed by atoms with E-state index in [0.717, 1.165) is 4.90 Å². The van der Waals surface area contributed by atoms with Gasteiger partial charge in [-0.25, -0.2) is 4.79 Å². The Labute approximate surface area is 122 Å². The predicted molar refractivity (Wildman–Crippen MR) is 72.5 cm³/mol. The summed E-state index contributed by atoms with van der Waals surface area (Å²) in [5, 5.41) is 2.46. The third-order valence-electron chi connectivity index (χ3n) is 3.03. The van der Waals surface area contributed by atoms with Gasteiger partial charge >= 0.3 is 5.97 Å². The molecule has 1 heterocycles. The molecule has 3 amide bonds. The number of ether oxygens (including phenoxy) is 1. The summed E-state index contributed by atoms with van der Waals surface area (Å²) < 4.78 is 4.93. The van der Waals surface area contributed by atoms with Crippen LogP contribution in [0.1, 0.15) is 27.2 Å². The summed E-state index contributed by atoms with van der Waals surface area (Å²) in [4.78, 5) is 47.5. The average Bonchev–Trinajstić information content (AvgIpc) is 2.37. The van der Waals surface area contributed by atoms with Crippen molar-refractivity contribution in [3.63, 3.8) is 0 Å². The molecule has 8 heteroatoms. The van der Waals surface area contributed by atoms with Gasteiger partial charge in [0, 0.05) is 19.0 Å². The molecule has 0 aromatic carbocycles. The fourth-order valence-corrected chi connectivity index (χ4v) is 2.12. The molecule has 0 bridgehead atoms. The van der Waals surface area contributed by atoms with Crippen LogP contribution in [-0.2, 0) is 23.9 Å². The van der Waals surface area contributed by atoms with Gasteiger partial charge in [0.1, 0.15) is 12.6 Å². The van der Waals surface area contributed by atoms with Crippen molar-refractivity contribution in [3.8, 4) is 0 Å². The molecule has 0 aromatic heterocycles. The number of nitrogens with two attached hydrogens (primary N) is 1. The lowest BCUT2D eigenvalue weighted by Crippen LogP contribution is -2.53. The normalized spacial score (nSPS) is 18.5. The van der Waals surface area contributed by atoms with E-state index in [-0.39, 0.29) is 25.1 Å². The Morgan fingerprint density at radius 3 is 2.52 bits per heavy atom. The number of amides is 3. The van der Waals surface area contributed by atoms with Crippen molar-refractivity contribution in [1.82, 2.24) is 10.2 Å². The zero-order valence-electron chi connectivity index (χ0n) is 12.3. The van der Waals surface area contributed by atoms with Gasteiger partial charge in [-0.3, -0.25) is 14.4 Å². The summed E-state index contributed by atoms with van der Waals surface area (Å²) in [6, 6.07) is -0.912. The van der Waals surface area contributed by atoms with Crippen molar-refractivity contribution in [2.24, 2.45) is 5.73 Å². The van der Waals surface area contributed by atoms with Crippen LogP contribution in [0.4, 0.5) is 0 Å². The summed E-state index contributed by atoms with van der Waals surface area (Å²) in [5.74, 6) is -2.17. The highest BCUT2D eigenvalue weighted by Gasteiger charge is 2.36. The number of primary amides is 1. The van der Waals surface area contributed by atoms with Gasteiger partial charge in [-0.15, -0.1) is 0 Å². The Hall–Kier alpha value is -2.38. The van der Waals surface area contributed by atoms with Crippen LogP contribution in [0.15, 0.2) is 11.3 Å². The van der Waals surface area contributed by atoms with Gasteiger partial charge in [-0.1, -0.05) is 0 Å². The van der Waals surface area contributed by atoms with E-state index in [9.17, 15) is 19.2 Å². The summed E-state index contributed by atoms with van der Waals surface area (Å²) in [7, 11) is 0. The number of nitrogens with one attached hydrogen (secondary N) is 1. The smallest absolute Gasteiger partial charge is 0.335 e. The largest absolute Gasteiger partial charge is 0.463 e. The number of esters is 1. The molecule has 21 heavy (non-hydrogen) atoms. The van der Waals surface area contributed by atoms with E-state index in [0.29, 0.717) is 5.70 Å². The van der Waals surface area contributed by atoms with Gasteiger partial charge in [0.05, 0.1) is 12.2 Å². The minimum Gasteiger partial charge on any atom is -0.463 e. The number of carbonyl (C=O) groups excluding carboxylic acids is 4. The van der Waals surface area contributed by atoms with Crippen molar-refractivity contribution in [2.75, 3.05) is 13.2 Å². The number of rotatable bonds is 5. The Morgan fingerprint density at radius 1 is 1.43 bits per heavy atom. The molecule has 116 valence electrons. The maximum atomic E-state index is 12.3. The molecule has 0 saturated carbocycles. The first-order valence-electron chi connectivity index (χ1n) is 6.51. The van der Waals surface area contributed by atoms with E-state index in [1.54, 1.807) is 6.92 Å². The summed E-state index contributed by atoms with van der Waals surface area (Å²) in [6.07, 6.45) is 0.0261. The first-order chi connectivity index (χ1) is 9.77. The van der Waals surface area contributed by atoms with Crippen LogP contribution in [0.2, 0.25) is 0 Å². The van der Waals surface area contributed by atoms with Gasteiger partial charge in [-0.2, -0.15) is 0 Å². The molecule has 1 aliphatic heterocycles. The predicted octanol–water partition coefficient (Wildman–Crippen LogP) is -0.954. The van der Waals surface area contributed by atoms with Gasteiger partial charge in [0.15, 0.2) is 0 Å². The Bertz CT molecular complexity index is 512. The second kappa shape index (κ2) is 6.87. The Kier molecular flexibility index (Phi) is 5.45. The quantitative estimate of drug-likeness (QED) is 0.634. The maximum Gasteiger partial charge on any atom is 0.335 e. The zero-order chi connectivity index (χ0) is 16.2. The van der Waals surface area contributed by atoms with Crippen LogP contribution in [-0.4, -0.2) is 47.8 Å². The molecule has 0 fully saturated rings. The molecular formula is C13H19N3O5. The van der Waals surface area contributed by atoms with E-state index < -0.39 is 29.7 Å². The lowest BCUT2D eigenvalue weighted by Gasteiger charge is -2.33. The molecule has 0 aromatic rings. The lowest BCUT2D eigenvalue weighted by molar-refractivity contribution is -0.142. The SMILES string of the molecule is CCOC(=O)C1=C(C)N(CC(N)=O)C(=O)C(NC(C)=O)C1. The molecule has 1 aliphatic rings. The van der Waals surface area contributed by atoms with Crippen molar-refractivity contribution in [1.29, 1.82) is 0 Å². The van der Waals surface area contributed by atoms with Crippen LogP contribution in [0, 0.1) is 0 Å². The average molecular weight is 297 g/mol. The van der Waals surface area contributed by atoms with Crippen molar-refractivity contribution in [2.45, 2.75) is 33.2 Å². The van der Waals surface area contributed by atoms with E-state index in [1.165, 1.54) is 13.8 Å². The van der Waals surface area contributed by atoms with Crippen molar-refractivity contribution in [3.05, 3.63) is 11.3 Å². The van der Waals surface area contributed by atoms with E-state index in [2.05, 4.69) is 5.32 Å². The monoisotopic (exact) mass is 297 g/mol. The second-order valence-electron chi connectivity index (χ2n) is 4.63. The first kappa shape index (κ1) is 16.7. The standard InChI is InChI=1S/C13H19N3O5/c1-4-21-13(20)9-5-10(15-8(3)17)12(19)16(7(9)2)6-11(14)18/h10H,4-6H2,1-3H3,(H2,14,18)(H,15,17). The second-order valence-corrected chi connectivity index (χ2v) is 4.63. The molecule has 1 atom stereocenters. The number of carbonyl (C=O) groups is 4. The summed E-state index contributed by atoms with van der Waals surface area (Å²) in [5.41, 5.74) is 5.68. The number of nitrogens with zero attached hydrogens (tertiary/aromatic N) is 1. The number of hydrogen-bond donors (Lipinski definition) is 2. The molecular weight excluding hydrogens is 278 g/mol. The molecule has 1 unspecified atom stereocenters. The number of allylic oxidation sites excluding steroid dienone is 1. The maximum absolute atomic E-state index is 12.3. The molecule has 0 radical (unpaired) electrons. The number of hydrogen-bond acceptors (Lipinski definition) is 5. The summed E-state index contributed by atoms with van der Waals surface area (Å²) >= 11 is 0. The minimum atomic E-state index is -0.912. The van der Waals surface area contributed by atoms with Crippen LogP contribution in [0.5, 0.6) is 0 Å². The van der Waals surface area contributed by atoms with Gasteiger partial charge in [0.25, 0.3) is 0 Å².